The maximum atomic E-state index is 13.5. The van der Waals surface area contributed by atoms with Crippen LogP contribution in [0.5, 0.6) is 0 Å². The number of pyridine rings is 1. The van der Waals surface area contributed by atoms with Crippen LogP contribution in [0.4, 0.5) is 4.39 Å². The van der Waals surface area contributed by atoms with Crippen LogP contribution in [0, 0.1) is 5.82 Å². The number of aromatic amines is 1. The Labute approximate surface area is 130 Å². The topological polar surface area (TPSA) is 45.8 Å². The number of fused-ring (bicyclic) bond motifs is 1. The number of ketones is 1. The van der Waals surface area contributed by atoms with Gasteiger partial charge in [-0.05, 0) is 50.1 Å². The van der Waals surface area contributed by atoms with Crippen molar-refractivity contribution in [1.82, 2.24) is 9.97 Å². The number of hydrogen-bond donors (Lipinski definition) is 1. The van der Waals surface area contributed by atoms with E-state index in [1.165, 1.54) is 12.1 Å². The van der Waals surface area contributed by atoms with Crippen LogP contribution in [0.3, 0.4) is 0 Å². The Bertz CT molecular complexity index is 829. The lowest BCUT2D eigenvalue weighted by Gasteiger charge is -2.03. The average molecular weight is 398 g/mol. The van der Waals surface area contributed by atoms with Crippen LogP contribution < -0.4 is 0 Å². The molecule has 0 amide bonds. The number of benzene rings is 1. The zero-order chi connectivity index (χ0) is 14.3. The van der Waals surface area contributed by atoms with Crippen molar-refractivity contribution in [3.05, 3.63) is 62.5 Å². The summed E-state index contributed by atoms with van der Waals surface area (Å²) in [6.45, 7) is 0. The minimum atomic E-state index is -0.463. The summed E-state index contributed by atoms with van der Waals surface area (Å²) in [5.74, 6) is -0.725. The van der Waals surface area contributed by atoms with Gasteiger partial charge in [-0.2, -0.15) is 0 Å². The maximum Gasteiger partial charge on any atom is 0.196 e. The molecule has 0 atom stereocenters. The summed E-state index contributed by atoms with van der Waals surface area (Å²) in [4.78, 5) is 19.7. The van der Waals surface area contributed by atoms with E-state index in [9.17, 15) is 9.18 Å². The zero-order valence-electron chi connectivity index (χ0n) is 9.95. The summed E-state index contributed by atoms with van der Waals surface area (Å²) in [6, 6.07) is 6.20. The fourth-order valence-corrected chi connectivity index (χ4v) is 2.77. The fourth-order valence-electron chi connectivity index (χ4n) is 1.99. The highest BCUT2D eigenvalue weighted by atomic mass is 79.9. The highest BCUT2D eigenvalue weighted by Gasteiger charge is 2.18. The van der Waals surface area contributed by atoms with Crippen LogP contribution in [0.15, 0.2) is 45.6 Å². The van der Waals surface area contributed by atoms with Gasteiger partial charge >= 0.3 is 0 Å². The molecule has 0 saturated carbocycles. The zero-order valence-corrected chi connectivity index (χ0v) is 13.1. The van der Waals surface area contributed by atoms with Gasteiger partial charge in [-0.25, -0.2) is 9.37 Å². The molecule has 0 radical (unpaired) electrons. The van der Waals surface area contributed by atoms with Gasteiger partial charge in [0, 0.05) is 33.4 Å². The number of rotatable bonds is 2. The summed E-state index contributed by atoms with van der Waals surface area (Å²) in [5, 5.41) is 0.695. The monoisotopic (exact) mass is 396 g/mol. The normalized spacial score (nSPS) is 10.9. The molecule has 0 spiro atoms. The van der Waals surface area contributed by atoms with E-state index >= 15 is 0 Å². The van der Waals surface area contributed by atoms with Crippen molar-refractivity contribution in [2.75, 3.05) is 0 Å². The van der Waals surface area contributed by atoms with Gasteiger partial charge in [-0.15, -0.1) is 0 Å². The average Bonchev–Trinajstić information content (AvgIpc) is 2.84. The molecule has 6 heteroatoms. The maximum absolute atomic E-state index is 13.5. The van der Waals surface area contributed by atoms with Gasteiger partial charge in [0.2, 0.25) is 0 Å². The van der Waals surface area contributed by atoms with Crippen molar-refractivity contribution in [2.45, 2.75) is 0 Å². The molecule has 20 heavy (non-hydrogen) atoms. The number of hydrogen-bond acceptors (Lipinski definition) is 2. The number of carbonyl (C=O) groups excluding carboxylic acids is 1. The van der Waals surface area contributed by atoms with Gasteiger partial charge in [0.15, 0.2) is 5.78 Å². The molecule has 100 valence electrons. The second-order valence-corrected chi connectivity index (χ2v) is 5.89. The molecule has 3 nitrogen and oxygen atoms in total. The summed E-state index contributed by atoms with van der Waals surface area (Å²) >= 11 is 6.44. The molecule has 2 aromatic heterocycles. The predicted octanol–water partition coefficient (Wildman–Crippen LogP) is 4.46. The van der Waals surface area contributed by atoms with Crippen molar-refractivity contribution in [3.63, 3.8) is 0 Å². The predicted molar refractivity (Wildman–Crippen MR) is 81.3 cm³/mol. The molecule has 0 fully saturated rings. The highest BCUT2D eigenvalue weighted by Crippen LogP contribution is 2.27. The Morgan fingerprint density at radius 1 is 1.25 bits per heavy atom. The van der Waals surface area contributed by atoms with Crippen molar-refractivity contribution < 1.29 is 9.18 Å². The summed E-state index contributed by atoms with van der Waals surface area (Å²) < 4.78 is 14.5. The van der Waals surface area contributed by atoms with Crippen LogP contribution in [0.1, 0.15) is 15.9 Å². The number of aromatic nitrogens is 2. The molecular formula is C14H7Br2FN2O. The van der Waals surface area contributed by atoms with Crippen LogP contribution in [-0.4, -0.2) is 15.8 Å². The number of nitrogens with zero attached hydrogens (tertiary/aromatic N) is 1. The largest absolute Gasteiger partial charge is 0.345 e. The molecule has 0 aliphatic rings. The molecule has 0 saturated heterocycles. The van der Waals surface area contributed by atoms with Crippen molar-refractivity contribution in [1.29, 1.82) is 0 Å². The summed E-state index contributed by atoms with van der Waals surface area (Å²) in [5.41, 5.74) is 1.36. The summed E-state index contributed by atoms with van der Waals surface area (Å²) in [7, 11) is 0. The van der Waals surface area contributed by atoms with E-state index in [0.29, 0.717) is 16.6 Å². The van der Waals surface area contributed by atoms with E-state index in [1.807, 2.05) is 0 Å². The molecule has 3 aromatic rings. The van der Waals surface area contributed by atoms with Crippen molar-refractivity contribution in [2.24, 2.45) is 0 Å². The lowest BCUT2D eigenvalue weighted by atomic mass is 10.0. The molecule has 0 bridgehead atoms. The smallest absolute Gasteiger partial charge is 0.196 e. The van der Waals surface area contributed by atoms with Gasteiger partial charge in [0.25, 0.3) is 0 Å². The number of carbonyl (C=O) groups is 1. The minimum Gasteiger partial charge on any atom is -0.345 e. The first-order chi connectivity index (χ1) is 9.58. The quantitative estimate of drug-likeness (QED) is 0.649. The Balaban J connectivity index is 2.18. The van der Waals surface area contributed by atoms with Crippen molar-refractivity contribution >= 4 is 48.7 Å². The highest BCUT2D eigenvalue weighted by molar-refractivity contribution is 9.10. The first kappa shape index (κ1) is 13.5. The molecule has 1 N–H and O–H groups in total. The van der Waals surface area contributed by atoms with E-state index in [4.69, 9.17) is 0 Å². The molecule has 0 unspecified atom stereocenters. The molecule has 0 aliphatic heterocycles. The van der Waals surface area contributed by atoms with Crippen LogP contribution in [-0.2, 0) is 0 Å². The third-order valence-corrected chi connectivity index (χ3v) is 4.18. The van der Waals surface area contributed by atoms with E-state index in [0.717, 1.165) is 4.47 Å². The first-order valence-corrected chi connectivity index (χ1v) is 7.28. The van der Waals surface area contributed by atoms with E-state index in [2.05, 4.69) is 41.8 Å². The van der Waals surface area contributed by atoms with Crippen LogP contribution >= 0.6 is 31.9 Å². The van der Waals surface area contributed by atoms with Crippen molar-refractivity contribution in [3.8, 4) is 0 Å². The minimum absolute atomic E-state index is 0.169. The molecule has 1 aromatic carbocycles. The van der Waals surface area contributed by atoms with Gasteiger partial charge < -0.3 is 4.98 Å². The number of H-pyrrole nitrogens is 1. The van der Waals surface area contributed by atoms with E-state index < -0.39 is 5.82 Å². The van der Waals surface area contributed by atoms with Crippen LogP contribution in [0.25, 0.3) is 11.0 Å². The van der Waals surface area contributed by atoms with Gasteiger partial charge in [0.05, 0.1) is 4.47 Å². The van der Waals surface area contributed by atoms with Gasteiger partial charge in [-0.1, -0.05) is 6.07 Å². The first-order valence-electron chi connectivity index (χ1n) is 5.69. The Hall–Kier alpha value is -1.53. The third-order valence-electron chi connectivity index (χ3n) is 2.94. The van der Waals surface area contributed by atoms with Gasteiger partial charge in [0.1, 0.15) is 11.5 Å². The lowest BCUT2D eigenvalue weighted by Crippen LogP contribution is -2.02. The Kier molecular flexibility index (Phi) is 3.43. The molecule has 0 aliphatic carbocycles. The number of halogens is 3. The Morgan fingerprint density at radius 3 is 2.85 bits per heavy atom. The fraction of sp³-hybridized carbons (Fsp3) is 0. The third kappa shape index (κ3) is 2.19. The SMILES string of the molecule is O=C(c1cccc(F)c1Br)c1c[nH]c2ncc(Br)cc12. The Morgan fingerprint density at radius 2 is 2.05 bits per heavy atom. The molecule has 2 heterocycles. The van der Waals surface area contributed by atoms with E-state index in [1.54, 1.807) is 24.5 Å². The van der Waals surface area contributed by atoms with E-state index in [-0.39, 0.29) is 15.8 Å². The van der Waals surface area contributed by atoms with Crippen LogP contribution in [0.2, 0.25) is 0 Å². The second kappa shape index (κ2) is 5.10. The summed E-state index contributed by atoms with van der Waals surface area (Å²) in [6.07, 6.45) is 3.23. The molecular weight excluding hydrogens is 391 g/mol. The van der Waals surface area contributed by atoms with Gasteiger partial charge in [-0.3, -0.25) is 4.79 Å². The molecule has 3 rings (SSSR count). The number of nitrogens with one attached hydrogen (secondary N) is 1. The lowest BCUT2D eigenvalue weighted by molar-refractivity contribution is 0.103. The second-order valence-electron chi connectivity index (χ2n) is 4.18. The standard InChI is InChI=1S/C14H7Br2FN2O/c15-7-4-9-10(6-19-14(9)18-5-7)13(20)8-2-1-3-11(17)12(8)16/h1-6H,(H,18,19).